The lowest BCUT2D eigenvalue weighted by Gasteiger charge is -2.18. The maximum atomic E-state index is 5.47. The van der Waals surface area contributed by atoms with E-state index in [0.29, 0.717) is 5.92 Å². The molecule has 11 aromatic rings. The summed E-state index contributed by atoms with van der Waals surface area (Å²) < 4.78 is 7.22. The fourth-order valence-corrected chi connectivity index (χ4v) is 9.40. The van der Waals surface area contributed by atoms with E-state index in [1.807, 2.05) is 6.07 Å². The van der Waals surface area contributed by atoms with E-state index >= 15 is 0 Å². The first-order valence-electron chi connectivity index (χ1n) is 20.1. The van der Waals surface area contributed by atoms with Crippen LogP contribution in [0.3, 0.4) is 0 Å². The summed E-state index contributed by atoms with van der Waals surface area (Å²) in [6.45, 7) is 2.28. The fraction of sp³-hybridized carbons (Fsp3) is 0.0566. The van der Waals surface area contributed by atoms with Gasteiger partial charge in [-0.3, -0.25) is 0 Å². The average molecular weight is 744 g/mol. The monoisotopic (exact) mass is 743 g/mol. The van der Waals surface area contributed by atoms with Gasteiger partial charge in [0.15, 0.2) is 0 Å². The zero-order chi connectivity index (χ0) is 38.3. The van der Waals surface area contributed by atoms with Gasteiger partial charge in [0.25, 0.3) is 0 Å². The number of rotatable bonds is 5. The van der Waals surface area contributed by atoms with Crippen LogP contribution in [-0.2, 0) is 0 Å². The molecule has 0 bridgehead atoms. The molecule has 12 rings (SSSR count). The highest BCUT2D eigenvalue weighted by atomic mass is 15.1. The predicted octanol–water partition coefficient (Wildman–Crippen LogP) is 13.4. The second kappa shape index (κ2) is 12.8. The minimum absolute atomic E-state index is 0.382. The number of allylic oxidation sites excluding steroid dienone is 4. The molecule has 5 heterocycles. The highest BCUT2D eigenvalue weighted by Crippen LogP contribution is 2.40. The lowest BCUT2D eigenvalue weighted by atomic mass is 9.91. The lowest BCUT2D eigenvalue weighted by molar-refractivity contribution is 0.755. The van der Waals surface area contributed by atoms with Crippen molar-refractivity contribution in [3.05, 3.63) is 194 Å². The first-order valence-corrected chi connectivity index (χ1v) is 20.1. The van der Waals surface area contributed by atoms with Crippen LogP contribution in [0, 0.1) is 5.92 Å². The molecule has 6 aromatic carbocycles. The summed E-state index contributed by atoms with van der Waals surface area (Å²) in [5.41, 5.74) is 15.9. The molecule has 0 fully saturated rings. The molecule has 1 aliphatic rings. The van der Waals surface area contributed by atoms with Gasteiger partial charge < -0.3 is 13.7 Å². The zero-order valence-electron chi connectivity index (χ0n) is 31.9. The number of hydrogen-bond acceptors (Lipinski definition) is 2. The number of hydrogen-bond donors (Lipinski definition) is 0. The van der Waals surface area contributed by atoms with Gasteiger partial charge in [-0.15, -0.1) is 0 Å². The van der Waals surface area contributed by atoms with Gasteiger partial charge in [0.05, 0.1) is 61.6 Å². The van der Waals surface area contributed by atoms with Crippen LogP contribution < -0.4 is 0 Å². The van der Waals surface area contributed by atoms with Crippen LogP contribution in [0.5, 0.6) is 0 Å². The van der Waals surface area contributed by atoms with Crippen molar-refractivity contribution in [2.75, 3.05) is 0 Å². The van der Waals surface area contributed by atoms with Gasteiger partial charge in [-0.05, 0) is 84.6 Å². The molecule has 5 nitrogen and oxygen atoms in total. The molecule has 1 atom stereocenters. The van der Waals surface area contributed by atoms with Crippen molar-refractivity contribution in [2.45, 2.75) is 13.3 Å². The normalized spacial score (nSPS) is 14.4. The van der Waals surface area contributed by atoms with E-state index < -0.39 is 0 Å². The molecule has 0 N–H and O–H groups in total. The van der Waals surface area contributed by atoms with Crippen LogP contribution in [-0.4, -0.2) is 23.7 Å². The minimum atomic E-state index is 0.382. The lowest BCUT2D eigenvalue weighted by Crippen LogP contribution is -2.04. The molecule has 58 heavy (non-hydrogen) atoms. The Balaban J connectivity index is 1.20. The molecule has 1 unspecified atom stereocenters. The summed E-state index contributed by atoms with van der Waals surface area (Å²) in [5.74, 6) is 0.382. The van der Waals surface area contributed by atoms with Crippen LogP contribution in [0.15, 0.2) is 188 Å². The highest BCUT2D eigenvalue weighted by Gasteiger charge is 2.22. The van der Waals surface area contributed by atoms with E-state index in [1.54, 1.807) is 0 Å². The van der Waals surface area contributed by atoms with Gasteiger partial charge in [0, 0.05) is 27.1 Å². The maximum Gasteiger partial charge on any atom is 0.116 e. The Morgan fingerprint density at radius 2 is 0.845 bits per heavy atom. The molecule has 0 aliphatic heterocycles. The Kier molecular flexibility index (Phi) is 7.20. The molecule has 274 valence electrons. The van der Waals surface area contributed by atoms with Gasteiger partial charge in [-0.25, -0.2) is 9.97 Å². The molecule has 1 aliphatic carbocycles. The van der Waals surface area contributed by atoms with Crippen LogP contribution in [0.2, 0.25) is 0 Å². The molecule has 0 amide bonds. The van der Waals surface area contributed by atoms with Crippen molar-refractivity contribution in [2.24, 2.45) is 5.92 Å². The van der Waals surface area contributed by atoms with E-state index in [0.717, 1.165) is 62.5 Å². The summed E-state index contributed by atoms with van der Waals surface area (Å²) in [6.07, 6.45) is 7.63. The summed E-state index contributed by atoms with van der Waals surface area (Å²) >= 11 is 0. The molecule has 0 spiro atoms. The summed E-state index contributed by atoms with van der Waals surface area (Å²) in [6, 6.07) is 61.3. The van der Waals surface area contributed by atoms with Gasteiger partial charge in [0.2, 0.25) is 0 Å². The van der Waals surface area contributed by atoms with E-state index in [2.05, 4.69) is 203 Å². The maximum absolute atomic E-state index is 5.47. The van der Waals surface area contributed by atoms with Crippen LogP contribution >= 0.6 is 0 Å². The Morgan fingerprint density at radius 1 is 0.431 bits per heavy atom. The third kappa shape index (κ3) is 4.90. The van der Waals surface area contributed by atoms with Gasteiger partial charge >= 0.3 is 0 Å². The van der Waals surface area contributed by atoms with E-state index in [4.69, 9.17) is 9.97 Å². The van der Waals surface area contributed by atoms with Gasteiger partial charge in [-0.1, -0.05) is 128 Å². The molecular weight excluding hydrogens is 707 g/mol. The standard InChI is InChI=1S/C53H37N5/c1-34-15-5-6-18-39(34)45-28-30-51-53(55-45)52-50(29-27-44(54-52)35-16-3-2-4-17-35)58(51)38-32-36(56-46-23-11-7-19-40(46)41-20-8-12-24-47(41)56)31-37(33-38)57-48-25-13-9-21-42(48)43-22-10-14-26-49(43)57/h2-14,16-34H,15H2,1H3. The first kappa shape index (κ1) is 32.7. The first-order chi connectivity index (χ1) is 28.7. The van der Waals surface area contributed by atoms with Crippen LogP contribution in [0.1, 0.15) is 19.0 Å². The third-order valence-corrected chi connectivity index (χ3v) is 12.1. The molecule has 0 saturated heterocycles. The highest BCUT2D eigenvalue weighted by molar-refractivity contribution is 6.11. The number of fused-ring (bicyclic) bond motifs is 9. The van der Waals surface area contributed by atoms with E-state index in [9.17, 15) is 0 Å². The third-order valence-electron chi connectivity index (χ3n) is 12.1. The molecule has 5 heteroatoms. The predicted molar refractivity (Wildman–Crippen MR) is 241 cm³/mol. The Morgan fingerprint density at radius 3 is 1.33 bits per heavy atom. The number of benzene rings is 6. The van der Waals surface area contributed by atoms with E-state index in [-0.39, 0.29) is 0 Å². The number of aromatic nitrogens is 5. The largest absolute Gasteiger partial charge is 0.309 e. The van der Waals surface area contributed by atoms with Gasteiger partial charge in [-0.2, -0.15) is 0 Å². The van der Waals surface area contributed by atoms with Crippen LogP contribution in [0.25, 0.3) is 99.6 Å². The molecule has 5 aromatic heterocycles. The SMILES string of the molecule is CC1CC=CC=C1c1ccc2c(n1)c1nc(-c3ccccc3)ccc1n2-c1cc(-n2c3ccccc3c3ccccc32)cc(-n2c3ccccc3c3ccccc32)c1. The topological polar surface area (TPSA) is 40.6 Å². The number of pyridine rings is 2. The molecule has 0 radical (unpaired) electrons. The Labute approximate surface area is 335 Å². The number of nitrogens with zero attached hydrogens (tertiary/aromatic N) is 5. The van der Waals surface area contributed by atoms with Crippen molar-refractivity contribution in [1.82, 2.24) is 23.7 Å². The van der Waals surface area contributed by atoms with Crippen molar-refractivity contribution in [3.63, 3.8) is 0 Å². The molecular formula is C53H37N5. The number of para-hydroxylation sites is 4. The van der Waals surface area contributed by atoms with Crippen LogP contribution in [0.4, 0.5) is 0 Å². The molecule has 0 saturated carbocycles. The Bertz CT molecular complexity index is 3260. The fourth-order valence-electron chi connectivity index (χ4n) is 9.40. The summed E-state index contributed by atoms with van der Waals surface area (Å²) in [4.78, 5) is 10.9. The van der Waals surface area contributed by atoms with Crippen molar-refractivity contribution >= 4 is 71.3 Å². The quantitative estimate of drug-likeness (QED) is 0.176. The van der Waals surface area contributed by atoms with Crippen molar-refractivity contribution in [1.29, 1.82) is 0 Å². The second-order valence-electron chi connectivity index (χ2n) is 15.5. The van der Waals surface area contributed by atoms with E-state index in [1.165, 1.54) is 49.2 Å². The van der Waals surface area contributed by atoms with Crippen molar-refractivity contribution < 1.29 is 0 Å². The summed E-state index contributed by atoms with van der Waals surface area (Å²) in [7, 11) is 0. The van der Waals surface area contributed by atoms with Crippen molar-refractivity contribution in [3.8, 4) is 28.3 Å². The zero-order valence-corrected chi connectivity index (χ0v) is 31.9. The second-order valence-corrected chi connectivity index (χ2v) is 15.5. The smallest absolute Gasteiger partial charge is 0.116 e. The minimum Gasteiger partial charge on any atom is -0.309 e. The van der Waals surface area contributed by atoms with Gasteiger partial charge in [0.1, 0.15) is 11.0 Å². The Hall–Kier alpha value is -7.50. The average Bonchev–Trinajstić information content (AvgIpc) is 3.92. The summed E-state index contributed by atoms with van der Waals surface area (Å²) in [5, 5.41) is 4.92.